The lowest BCUT2D eigenvalue weighted by molar-refractivity contribution is 0.0531. The largest absolute Gasteiger partial charge is 0.444 e. The van der Waals surface area contributed by atoms with E-state index in [1.807, 2.05) is 18.2 Å². The van der Waals surface area contributed by atoms with E-state index in [-0.39, 0.29) is 5.12 Å². The third-order valence-electron chi connectivity index (χ3n) is 2.01. The Morgan fingerprint density at radius 2 is 1.84 bits per heavy atom. The van der Waals surface area contributed by atoms with E-state index >= 15 is 0 Å². The number of nitrogens with one attached hydrogen (secondary N) is 1. The average Bonchev–Trinajstić information content (AvgIpc) is 2.33. The van der Waals surface area contributed by atoms with Crippen LogP contribution in [0.15, 0.2) is 30.3 Å². The highest BCUT2D eigenvalue weighted by molar-refractivity contribution is 8.14. The van der Waals surface area contributed by atoms with Crippen LogP contribution in [0.3, 0.4) is 0 Å². The Kier molecular flexibility index (Phi) is 5.89. The molecule has 0 bridgehead atoms. The molecule has 4 nitrogen and oxygen atoms in total. The fourth-order valence-electron chi connectivity index (χ4n) is 1.27. The van der Waals surface area contributed by atoms with E-state index in [0.717, 1.165) is 0 Å². The summed E-state index contributed by atoms with van der Waals surface area (Å²) in [5.74, 6) is 0.521. The molecule has 19 heavy (non-hydrogen) atoms. The Balaban J connectivity index is 2.21. The minimum atomic E-state index is -0.503. The number of carbonyl (C=O) groups excluding carboxylic acids is 2. The van der Waals surface area contributed by atoms with Crippen LogP contribution < -0.4 is 5.32 Å². The number of ether oxygens (including phenoxy) is 1. The fraction of sp³-hybridized carbons (Fsp3) is 0.429. The van der Waals surface area contributed by atoms with Gasteiger partial charge in [-0.25, -0.2) is 4.79 Å². The van der Waals surface area contributed by atoms with Crippen molar-refractivity contribution in [3.8, 4) is 0 Å². The van der Waals surface area contributed by atoms with Crippen molar-refractivity contribution >= 4 is 23.0 Å². The highest BCUT2D eigenvalue weighted by Gasteiger charge is 2.15. The van der Waals surface area contributed by atoms with Crippen LogP contribution in [0.5, 0.6) is 0 Å². The molecule has 0 aliphatic rings. The first-order chi connectivity index (χ1) is 8.88. The number of amides is 1. The first-order valence-electron chi connectivity index (χ1n) is 6.07. The van der Waals surface area contributed by atoms with Gasteiger partial charge < -0.3 is 10.1 Å². The molecule has 1 aromatic carbocycles. The molecule has 0 unspecified atom stereocenters. The molecule has 0 saturated heterocycles. The standard InChI is InChI=1S/C14H19NO3S/c1-14(2,3)18-13(17)15-9-10-19-12(16)11-7-5-4-6-8-11/h4-8H,9-10H2,1-3H3,(H,15,17). The average molecular weight is 281 g/mol. The number of thioether (sulfide) groups is 1. The van der Waals surface area contributed by atoms with Crippen molar-refractivity contribution < 1.29 is 14.3 Å². The van der Waals surface area contributed by atoms with Gasteiger partial charge in [0.1, 0.15) is 5.60 Å². The maximum Gasteiger partial charge on any atom is 0.407 e. The number of alkyl carbamates (subject to hydrolysis) is 1. The molecule has 0 fully saturated rings. The van der Waals surface area contributed by atoms with E-state index in [9.17, 15) is 9.59 Å². The van der Waals surface area contributed by atoms with Gasteiger partial charge in [0.2, 0.25) is 5.12 Å². The van der Waals surface area contributed by atoms with Crippen molar-refractivity contribution in [1.29, 1.82) is 0 Å². The molecule has 1 amide bonds. The van der Waals surface area contributed by atoms with Crippen molar-refractivity contribution in [2.45, 2.75) is 26.4 Å². The summed E-state index contributed by atoms with van der Waals surface area (Å²) in [7, 11) is 0. The molecule has 0 aliphatic heterocycles. The Labute approximate surface area is 117 Å². The van der Waals surface area contributed by atoms with Crippen LogP contribution in [0.4, 0.5) is 4.79 Å². The second-order valence-corrected chi connectivity index (χ2v) is 6.00. The van der Waals surface area contributed by atoms with Crippen LogP contribution in [0.1, 0.15) is 31.1 Å². The van der Waals surface area contributed by atoms with Gasteiger partial charge in [0.15, 0.2) is 0 Å². The summed E-state index contributed by atoms with van der Waals surface area (Å²) >= 11 is 1.18. The van der Waals surface area contributed by atoms with Gasteiger partial charge in [0.25, 0.3) is 0 Å². The molecule has 1 aromatic rings. The molecule has 0 radical (unpaired) electrons. The molecule has 1 rings (SSSR count). The maximum absolute atomic E-state index is 11.7. The molecule has 0 atom stereocenters. The van der Waals surface area contributed by atoms with Crippen LogP contribution >= 0.6 is 11.8 Å². The third kappa shape index (κ3) is 6.86. The zero-order chi connectivity index (χ0) is 14.3. The van der Waals surface area contributed by atoms with Gasteiger partial charge in [-0.3, -0.25) is 4.79 Å². The van der Waals surface area contributed by atoms with Gasteiger partial charge in [-0.1, -0.05) is 42.1 Å². The van der Waals surface area contributed by atoms with Crippen molar-refractivity contribution in [2.24, 2.45) is 0 Å². The number of carbonyl (C=O) groups is 2. The first-order valence-corrected chi connectivity index (χ1v) is 7.06. The van der Waals surface area contributed by atoms with E-state index in [1.165, 1.54) is 11.8 Å². The van der Waals surface area contributed by atoms with Crippen LogP contribution in [0, 0.1) is 0 Å². The van der Waals surface area contributed by atoms with Crippen molar-refractivity contribution in [3.63, 3.8) is 0 Å². The summed E-state index contributed by atoms with van der Waals surface area (Å²) in [5.41, 5.74) is 0.168. The highest BCUT2D eigenvalue weighted by Crippen LogP contribution is 2.11. The second-order valence-electron chi connectivity index (χ2n) is 4.93. The summed E-state index contributed by atoms with van der Waals surface area (Å²) in [6.07, 6.45) is -0.458. The zero-order valence-electron chi connectivity index (χ0n) is 11.4. The summed E-state index contributed by atoms with van der Waals surface area (Å²) in [6.45, 7) is 5.82. The SMILES string of the molecule is CC(C)(C)OC(=O)NCCSC(=O)c1ccccc1. The molecule has 0 aromatic heterocycles. The van der Waals surface area contributed by atoms with E-state index in [4.69, 9.17) is 4.74 Å². The third-order valence-corrected chi connectivity index (χ3v) is 2.92. The van der Waals surface area contributed by atoms with E-state index in [1.54, 1.807) is 32.9 Å². The zero-order valence-corrected chi connectivity index (χ0v) is 12.3. The van der Waals surface area contributed by atoms with E-state index < -0.39 is 11.7 Å². The van der Waals surface area contributed by atoms with Gasteiger partial charge >= 0.3 is 6.09 Å². The lowest BCUT2D eigenvalue weighted by Gasteiger charge is -2.19. The number of rotatable bonds is 4. The predicted octanol–water partition coefficient (Wildman–Crippen LogP) is 3.08. The molecular weight excluding hydrogens is 262 g/mol. The molecule has 0 aliphatic carbocycles. The normalized spacial score (nSPS) is 10.9. The van der Waals surface area contributed by atoms with Gasteiger partial charge in [-0.15, -0.1) is 0 Å². The van der Waals surface area contributed by atoms with E-state index in [0.29, 0.717) is 17.9 Å². The fourth-order valence-corrected chi connectivity index (χ4v) is 1.96. The summed E-state index contributed by atoms with van der Waals surface area (Å²) < 4.78 is 5.09. The molecule has 1 N–H and O–H groups in total. The molecular formula is C14H19NO3S. The summed E-state index contributed by atoms with van der Waals surface area (Å²) in [6, 6.07) is 9.07. The predicted molar refractivity (Wildman–Crippen MR) is 77.5 cm³/mol. The Bertz CT molecular complexity index is 426. The maximum atomic E-state index is 11.7. The minimum Gasteiger partial charge on any atom is -0.444 e. The molecule has 0 spiro atoms. The van der Waals surface area contributed by atoms with Gasteiger partial charge in [-0.2, -0.15) is 0 Å². The summed E-state index contributed by atoms with van der Waals surface area (Å²) in [5, 5.41) is 2.62. The topological polar surface area (TPSA) is 55.4 Å². The monoisotopic (exact) mass is 281 g/mol. The Morgan fingerprint density at radius 3 is 2.42 bits per heavy atom. The first kappa shape index (κ1) is 15.6. The van der Waals surface area contributed by atoms with Crippen molar-refractivity contribution in [2.75, 3.05) is 12.3 Å². The van der Waals surface area contributed by atoms with Gasteiger partial charge in [-0.05, 0) is 20.8 Å². The van der Waals surface area contributed by atoms with Gasteiger partial charge in [0.05, 0.1) is 0 Å². The number of hydrogen-bond donors (Lipinski definition) is 1. The smallest absolute Gasteiger partial charge is 0.407 e. The van der Waals surface area contributed by atoms with Crippen LogP contribution in [0.2, 0.25) is 0 Å². The Morgan fingerprint density at radius 1 is 1.21 bits per heavy atom. The minimum absolute atomic E-state index is 0.00610. The number of benzene rings is 1. The lowest BCUT2D eigenvalue weighted by Crippen LogP contribution is -2.33. The molecule has 104 valence electrons. The molecule has 0 heterocycles. The van der Waals surface area contributed by atoms with Gasteiger partial charge in [0, 0.05) is 17.9 Å². The molecule has 5 heteroatoms. The van der Waals surface area contributed by atoms with Crippen LogP contribution in [-0.2, 0) is 4.74 Å². The van der Waals surface area contributed by atoms with E-state index in [2.05, 4.69) is 5.32 Å². The summed E-state index contributed by atoms with van der Waals surface area (Å²) in [4.78, 5) is 23.1. The highest BCUT2D eigenvalue weighted by atomic mass is 32.2. The number of hydrogen-bond acceptors (Lipinski definition) is 4. The molecule has 0 saturated carbocycles. The lowest BCUT2D eigenvalue weighted by atomic mass is 10.2. The van der Waals surface area contributed by atoms with Crippen molar-refractivity contribution in [3.05, 3.63) is 35.9 Å². The quantitative estimate of drug-likeness (QED) is 0.862. The second kappa shape index (κ2) is 7.19. The van der Waals surface area contributed by atoms with Crippen molar-refractivity contribution in [1.82, 2.24) is 5.32 Å². The Hall–Kier alpha value is -1.49. The van der Waals surface area contributed by atoms with Crippen LogP contribution in [0.25, 0.3) is 0 Å². The van der Waals surface area contributed by atoms with Crippen LogP contribution in [-0.4, -0.2) is 29.1 Å².